The molecule has 0 saturated carbocycles. The van der Waals surface area contributed by atoms with Gasteiger partial charge in [0.15, 0.2) is 0 Å². The second-order valence-electron chi connectivity index (χ2n) is 4.38. The summed E-state index contributed by atoms with van der Waals surface area (Å²) in [4.78, 5) is 3.84. The average Bonchev–Trinajstić information content (AvgIpc) is 2.90. The van der Waals surface area contributed by atoms with Crippen LogP contribution in [0.2, 0.25) is 0 Å². The summed E-state index contributed by atoms with van der Waals surface area (Å²) in [6, 6.07) is 14.9. The van der Waals surface area contributed by atoms with Crippen molar-refractivity contribution in [1.29, 1.82) is 0 Å². The van der Waals surface area contributed by atoms with E-state index in [1.807, 2.05) is 11.3 Å². The van der Waals surface area contributed by atoms with E-state index in [-0.39, 0.29) is 0 Å². The molecule has 2 N–H and O–H groups in total. The third-order valence-electron chi connectivity index (χ3n) is 2.96. The molecule has 0 aliphatic carbocycles. The zero-order valence-electron chi connectivity index (χ0n) is 10.6. The molecule has 0 fully saturated rings. The van der Waals surface area contributed by atoms with Crippen molar-refractivity contribution in [2.45, 2.75) is 13.0 Å². The molecule has 0 spiro atoms. The maximum absolute atomic E-state index is 5.69. The van der Waals surface area contributed by atoms with Gasteiger partial charge in [-0.2, -0.15) is 0 Å². The topological polar surface area (TPSA) is 29.3 Å². The highest BCUT2D eigenvalue weighted by molar-refractivity contribution is 7.09. The van der Waals surface area contributed by atoms with E-state index < -0.39 is 0 Å². The van der Waals surface area contributed by atoms with Crippen molar-refractivity contribution in [1.82, 2.24) is 4.90 Å². The number of hydrogen-bond acceptors (Lipinski definition) is 3. The predicted molar refractivity (Wildman–Crippen MR) is 78.8 cm³/mol. The van der Waals surface area contributed by atoms with Crippen LogP contribution in [0, 0.1) is 0 Å². The van der Waals surface area contributed by atoms with Crippen molar-refractivity contribution in [2.24, 2.45) is 5.73 Å². The minimum Gasteiger partial charge on any atom is -0.329 e. The molecule has 0 aliphatic rings. The molecule has 18 heavy (non-hydrogen) atoms. The van der Waals surface area contributed by atoms with E-state index in [1.54, 1.807) is 0 Å². The zero-order chi connectivity index (χ0) is 12.6. The van der Waals surface area contributed by atoms with E-state index >= 15 is 0 Å². The summed E-state index contributed by atoms with van der Waals surface area (Å²) in [5.74, 6) is 0. The van der Waals surface area contributed by atoms with Crippen molar-refractivity contribution >= 4 is 11.3 Å². The molecule has 96 valence electrons. The minimum atomic E-state index is 0.722. The van der Waals surface area contributed by atoms with Gasteiger partial charge in [0.2, 0.25) is 0 Å². The molecule has 1 aromatic carbocycles. The number of nitrogens with two attached hydrogens (primary N) is 1. The molecule has 0 atom stereocenters. The Morgan fingerprint density at radius 2 is 1.83 bits per heavy atom. The Morgan fingerprint density at radius 3 is 2.50 bits per heavy atom. The van der Waals surface area contributed by atoms with E-state index in [4.69, 9.17) is 5.73 Å². The van der Waals surface area contributed by atoms with E-state index in [9.17, 15) is 0 Å². The first-order valence-corrected chi connectivity index (χ1v) is 7.25. The maximum atomic E-state index is 5.69. The van der Waals surface area contributed by atoms with Crippen molar-refractivity contribution in [2.75, 3.05) is 19.6 Å². The lowest BCUT2D eigenvalue weighted by Crippen LogP contribution is -2.30. The van der Waals surface area contributed by atoms with Crippen LogP contribution in [0.25, 0.3) is 0 Å². The van der Waals surface area contributed by atoms with Gasteiger partial charge >= 0.3 is 0 Å². The molecule has 0 unspecified atom stereocenters. The lowest BCUT2D eigenvalue weighted by Gasteiger charge is -2.20. The summed E-state index contributed by atoms with van der Waals surface area (Å²) in [5.41, 5.74) is 7.08. The van der Waals surface area contributed by atoms with Gasteiger partial charge in [0, 0.05) is 31.1 Å². The summed E-state index contributed by atoms with van der Waals surface area (Å²) < 4.78 is 0. The van der Waals surface area contributed by atoms with Gasteiger partial charge in [0.1, 0.15) is 0 Å². The molecule has 2 nitrogen and oxygen atoms in total. The van der Waals surface area contributed by atoms with Gasteiger partial charge < -0.3 is 5.73 Å². The summed E-state index contributed by atoms with van der Waals surface area (Å²) in [6.07, 6.45) is 1.09. The second kappa shape index (κ2) is 7.31. The molecular formula is C15H20N2S. The zero-order valence-corrected chi connectivity index (χ0v) is 11.4. The van der Waals surface area contributed by atoms with Gasteiger partial charge in [0.05, 0.1) is 0 Å². The Kier molecular flexibility index (Phi) is 5.39. The third kappa shape index (κ3) is 4.26. The average molecular weight is 260 g/mol. The van der Waals surface area contributed by atoms with Gasteiger partial charge in [0.25, 0.3) is 0 Å². The molecule has 0 bridgehead atoms. The van der Waals surface area contributed by atoms with Crippen molar-refractivity contribution in [3.63, 3.8) is 0 Å². The fraction of sp³-hybridized carbons (Fsp3) is 0.333. The largest absolute Gasteiger partial charge is 0.329 e. The van der Waals surface area contributed by atoms with Gasteiger partial charge in [-0.15, -0.1) is 11.3 Å². The van der Waals surface area contributed by atoms with Gasteiger partial charge in [-0.3, -0.25) is 4.90 Å². The van der Waals surface area contributed by atoms with Gasteiger partial charge in [-0.25, -0.2) is 0 Å². The van der Waals surface area contributed by atoms with E-state index in [1.165, 1.54) is 10.4 Å². The summed E-state index contributed by atoms with van der Waals surface area (Å²) in [7, 11) is 0. The molecule has 2 aromatic rings. The Hall–Kier alpha value is -1.16. The molecule has 3 heteroatoms. The van der Waals surface area contributed by atoms with Crippen LogP contribution in [0.1, 0.15) is 10.4 Å². The molecule has 0 aliphatic heterocycles. The Labute approximate surface area is 113 Å². The molecule has 2 rings (SSSR count). The minimum absolute atomic E-state index is 0.722. The molecule has 0 amide bonds. The van der Waals surface area contributed by atoms with E-state index in [2.05, 4.69) is 52.7 Å². The highest BCUT2D eigenvalue weighted by atomic mass is 32.1. The normalized spacial score (nSPS) is 11.0. The lowest BCUT2D eigenvalue weighted by atomic mass is 10.1. The third-order valence-corrected chi connectivity index (χ3v) is 3.83. The first-order chi connectivity index (χ1) is 8.88. The number of hydrogen-bond donors (Lipinski definition) is 1. The standard InChI is InChI=1S/C15H20N2S/c16-9-11-17(13-15-7-4-12-18-15)10-8-14-5-2-1-3-6-14/h1-7,12H,8-11,13,16H2. The van der Waals surface area contributed by atoms with Crippen LogP contribution in [-0.2, 0) is 13.0 Å². The van der Waals surface area contributed by atoms with Crippen molar-refractivity contribution < 1.29 is 0 Å². The highest BCUT2D eigenvalue weighted by Gasteiger charge is 2.06. The van der Waals surface area contributed by atoms with E-state index in [0.717, 1.165) is 32.6 Å². The van der Waals surface area contributed by atoms with Crippen LogP contribution in [0.3, 0.4) is 0 Å². The molecule has 0 saturated heterocycles. The summed E-state index contributed by atoms with van der Waals surface area (Å²) in [6.45, 7) is 3.77. The predicted octanol–water partition coefficient (Wildman–Crippen LogP) is 2.75. The van der Waals surface area contributed by atoms with Crippen LogP contribution in [0.5, 0.6) is 0 Å². The molecule has 0 radical (unpaired) electrons. The van der Waals surface area contributed by atoms with E-state index in [0.29, 0.717) is 0 Å². The fourth-order valence-corrected chi connectivity index (χ4v) is 2.75. The first-order valence-electron chi connectivity index (χ1n) is 6.37. The Morgan fingerprint density at radius 1 is 1.00 bits per heavy atom. The number of benzene rings is 1. The van der Waals surface area contributed by atoms with Gasteiger partial charge in [-0.1, -0.05) is 36.4 Å². The number of rotatable bonds is 7. The second-order valence-corrected chi connectivity index (χ2v) is 5.41. The van der Waals surface area contributed by atoms with Crippen molar-refractivity contribution in [3.05, 3.63) is 58.3 Å². The van der Waals surface area contributed by atoms with Gasteiger partial charge in [-0.05, 0) is 23.4 Å². The number of nitrogens with zero attached hydrogens (tertiary/aromatic N) is 1. The Bertz CT molecular complexity index is 425. The highest BCUT2D eigenvalue weighted by Crippen LogP contribution is 2.12. The van der Waals surface area contributed by atoms with Crippen LogP contribution in [-0.4, -0.2) is 24.5 Å². The smallest absolute Gasteiger partial charge is 0.0328 e. The lowest BCUT2D eigenvalue weighted by molar-refractivity contribution is 0.279. The van der Waals surface area contributed by atoms with Crippen LogP contribution in [0.4, 0.5) is 0 Å². The van der Waals surface area contributed by atoms with Crippen LogP contribution >= 0.6 is 11.3 Å². The SMILES string of the molecule is NCCN(CCc1ccccc1)Cc1cccs1. The Balaban J connectivity index is 1.86. The summed E-state index contributed by atoms with van der Waals surface area (Å²) >= 11 is 1.82. The monoisotopic (exact) mass is 260 g/mol. The summed E-state index contributed by atoms with van der Waals surface area (Å²) in [5, 5.41) is 2.13. The number of thiophene rings is 1. The maximum Gasteiger partial charge on any atom is 0.0328 e. The molecule has 1 aromatic heterocycles. The quantitative estimate of drug-likeness (QED) is 0.829. The molecular weight excluding hydrogens is 240 g/mol. The van der Waals surface area contributed by atoms with Crippen molar-refractivity contribution in [3.8, 4) is 0 Å². The molecule has 1 heterocycles. The first kappa shape index (κ1) is 13.3. The fourth-order valence-electron chi connectivity index (χ4n) is 2.01. The van der Waals surface area contributed by atoms with Crippen LogP contribution < -0.4 is 5.73 Å². The van der Waals surface area contributed by atoms with Crippen LogP contribution in [0.15, 0.2) is 47.8 Å².